The van der Waals surface area contributed by atoms with Crippen LogP contribution in [0.4, 0.5) is 0 Å². The maximum Gasteiger partial charge on any atom is 0.242 e. The molecule has 2 N–H and O–H groups in total. The average molecular weight is 235 g/mol. The van der Waals surface area contributed by atoms with E-state index in [-0.39, 0.29) is 12.5 Å². The molecule has 1 aliphatic heterocycles. The summed E-state index contributed by atoms with van der Waals surface area (Å²) in [6, 6.07) is 5.19. The second kappa shape index (κ2) is 5.75. The van der Waals surface area contributed by atoms with Gasteiger partial charge in [-0.15, -0.1) is 0 Å². The topological polar surface area (TPSA) is 65.5 Å². The molecular formula is C12H17N3O2. The predicted octanol–water partition coefficient (Wildman–Crippen LogP) is -0.236. The van der Waals surface area contributed by atoms with Crippen LogP contribution < -0.4 is 5.32 Å². The van der Waals surface area contributed by atoms with Gasteiger partial charge in [0.1, 0.15) is 6.04 Å². The Labute approximate surface area is 100 Å². The highest BCUT2D eigenvalue weighted by molar-refractivity contribution is 5.82. The third-order valence-electron chi connectivity index (χ3n) is 2.87. The van der Waals surface area contributed by atoms with Crippen LogP contribution in [-0.2, 0) is 11.3 Å². The van der Waals surface area contributed by atoms with E-state index in [9.17, 15) is 4.79 Å². The highest BCUT2D eigenvalue weighted by Crippen LogP contribution is 2.07. The number of aromatic nitrogens is 1. The summed E-state index contributed by atoms with van der Waals surface area (Å²) in [5, 5.41) is 12.2. The number of carbonyl (C=O) groups excluding carboxylic acids is 1. The third kappa shape index (κ3) is 3.01. The van der Waals surface area contributed by atoms with Crippen molar-refractivity contribution in [2.75, 3.05) is 19.7 Å². The molecule has 0 spiro atoms. The van der Waals surface area contributed by atoms with Gasteiger partial charge in [-0.1, -0.05) is 6.07 Å². The number of aliphatic hydroxyl groups excluding tert-OH is 1. The standard InChI is InChI=1S/C12H17N3O2/c16-9-11-12(17)15(7-3-6-14-11)8-10-4-1-2-5-13-10/h1-2,4-5,11,14,16H,3,6-9H2. The molecule has 0 saturated carbocycles. The first-order valence-electron chi connectivity index (χ1n) is 5.84. The lowest BCUT2D eigenvalue weighted by molar-refractivity contribution is -0.134. The van der Waals surface area contributed by atoms with E-state index in [2.05, 4.69) is 10.3 Å². The molecule has 1 aromatic rings. The molecule has 92 valence electrons. The van der Waals surface area contributed by atoms with Crippen LogP contribution in [-0.4, -0.2) is 46.6 Å². The maximum atomic E-state index is 12.1. The van der Waals surface area contributed by atoms with Gasteiger partial charge in [0.05, 0.1) is 18.8 Å². The fraction of sp³-hybridized carbons (Fsp3) is 0.500. The van der Waals surface area contributed by atoms with Crippen LogP contribution in [0.2, 0.25) is 0 Å². The molecule has 2 heterocycles. The zero-order valence-electron chi connectivity index (χ0n) is 9.67. The average Bonchev–Trinajstić information content (AvgIpc) is 2.54. The molecule has 2 rings (SSSR count). The minimum absolute atomic E-state index is 0.0457. The second-order valence-corrected chi connectivity index (χ2v) is 4.12. The van der Waals surface area contributed by atoms with Gasteiger partial charge in [-0.25, -0.2) is 0 Å². The third-order valence-corrected chi connectivity index (χ3v) is 2.87. The van der Waals surface area contributed by atoms with Crippen LogP contribution in [0.15, 0.2) is 24.4 Å². The molecule has 1 aliphatic rings. The number of nitrogens with zero attached hydrogens (tertiary/aromatic N) is 2. The van der Waals surface area contributed by atoms with Gasteiger partial charge in [-0.05, 0) is 25.1 Å². The van der Waals surface area contributed by atoms with Gasteiger partial charge < -0.3 is 15.3 Å². The summed E-state index contributed by atoms with van der Waals surface area (Å²) in [6.07, 6.45) is 2.62. The van der Waals surface area contributed by atoms with Crippen LogP contribution in [0.25, 0.3) is 0 Å². The summed E-state index contributed by atoms with van der Waals surface area (Å²) >= 11 is 0. The Balaban J connectivity index is 2.06. The number of amides is 1. The Bertz CT molecular complexity index is 369. The molecule has 1 aromatic heterocycles. The monoisotopic (exact) mass is 235 g/mol. The lowest BCUT2D eigenvalue weighted by Gasteiger charge is -2.22. The first-order valence-corrected chi connectivity index (χ1v) is 5.84. The fourth-order valence-corrected chi connectivity index (χ4v) is 1.95. The molecule has 1 unspecified atom stereocenters. The van der Waals surface area contributed by atoms with Crippen LogP contribution >= 0.6 is 0 Å². The van der Waals surface area contributed by atoms with Crippen molar-refractivity contribution in [2.45, 2.75) is 19.0 Å². The Hall–Kier alpha value is -1.46. The molecule has 1 fully saturated rings. The SMILES string of the molecule is O=C1C(CO)NCCCN1Cc1ccccn1. The van der Waals surface area contributed by atoms with Crippen LogP contribution in [0, 0.1) is 0 Å². The molecule has 5 heteroatoms. The van der Waals surface area contributed by atoms with E-state index < -0.39 is 6.04 Å². The quantitative estimate of drug-likeness (QED) is 0.759. The number of carbonyl (C=O) groups is 1. The summed E-state index contributed by atoms with van der Waals surface area (Å²) in [4.78, 5) is 18.0. The molecular weight excluding hydrogens is 218 g/mol. The molecule has 1 amide bonds. The largest absolute Gasteiger partial charge is 0.394 e. The van der Waals surface area contributed by atoms with Gasteiger partial charge in [-0.3, -0.25) is 9.78 Å². The van der Waals surface area contributed by atoms with Crippen molar-refractivity contribution in [2.24, 2.45) is 0 Å². The summed E-state index contributed by atoms with van der Waals surface area (Å²) in [7, 11) is 0. The molecule has 1 saturated heterocycles. The van der Waals surface area contributed by atoms with Gasteiger partial charge in [0.15, 0.2) is 0 Å². The number of hydrogen-bond donors (Lipinski definition) is 2. The van der Waals surface area contributed by atoms with Crippen LogP contribution in [0.3, 0.4) is 0 Å². The first kappa shape index (κ1) is 12.0. The van der Waals surface area contributed by atoms with Crippen molar-refractivity contribution in [1.29, 1.82) is 0 Å². The van der Waals surface area contributed by atoms with Gasteiger partial charge in [0, 0.05) is 12.7 Å². The number of hydrogen-bond acceptors (Lipinski definition) is 4. The van der Waals surface area contributed by atoms with E-state index in [0.717, 1.165) is 18.7 Å². The molecule has 0 aliphatic carbocycles. The maximum absolute atomic E-state index is 12.1. The normalized spacial score (nSPS) is 21.4. The minimum Gasteiger partial charge on any atom is -0.394 e. The second-order valence-electron chi connectivity index (χ2n) is 4.12. The van der Waals surface area contributed by atoms with Crippen molar-refractivity contribution in [3.8, 4) is 0 Å². The van der Waals surface area contributed by atoms with E-state index in [1.165, 1.54) is 0 Å². The van der Waals surface area contributed by atoms with E-state index >= 15 is 0 Å². The van der Waals surface area contributed by atoms with E-state index in [1.807, 2.05) is 18.2 Å². The van der Waals surface area contributed by atoms with Crippen molar-refractivity contribution < 1.29 is 9.90 Å². The Kier molecular flexibility index (Phi) is 4.06. The van der Waals surface area contributed by atoms with Crippen molar-refractivity contribution >= 4 is 5.91 Å². The highest BCUT2D eigenvalue weighted by Gasteiger charge is 2.25. The van der Waals surface area contributed by atoms with Gasteiger partial charge in [-0.2, -0.15) is 0 Å². The number of pyridine rings is 1. The van der Waals surface area contributed by atoms with Crippen molar-refractivity contribution in [3.05, 3.63) is 30.1 Å². The lowest BCUT2D eigenvalue weighted by atomic mass is 10.2. The first-order chi connectivity index (χ1) is 8.31. The molecule has 5 nitrogen and oxygen atoms in total. The zero-order valence-corrected chi connectivity index (χ0v) is 9.67. The van der Waals surface area contributed by atoms with Crippen molar-refractivity contribution in [1.82, 2.24) is 15.2 Å². The van der Waals surface area contributed by atoms with Gasteiger partial charge in [0.2, 0.25) is 5.91 Å². The summed E-state index contributed by atoms with van der Waals surface area (Å²) in [6.45, 7) is 1.82. The van der Waals surface area contributed by atoms with E-state index in [1.54, 1.807) is 11.1 Å². The lowest BCUT2D eigenvalue weighted by Crippen LogP contribution is -2.45. The summed E-state index contributed by atoms with van der Waals surface area (Å²) < 4.78 is 0. The Morgan fingerprint density at radius 1 is 1.53 bits per heavy atom. The van der Waals surface area contributed by atoms with E-state index in [0.29, 0.717) is 13.1 Å². The van der Waals surface area contributed by atoms with Crippen LogP contribution in [0.1, 0.15) is 12.1 Å². The molecule has 17 heavy (non-hydrogen) atoms. The molecule has 0 radical (unpaired) electrons. The minimum atomic E-state index is -0.471. The molecule has 0 bridgehead atoms. The highest BCUT2D eigenvalue weighted by atomic mass is 16.3. The summed E-state index contributed by atoms with van der Waals surface area (Å²) in [5.74, 6) is -0.0457. The smallest absolute Gasteiger partial charge is 0.242 e. The van der Waals surface area contributed by atoms with Crippen LogP contribution in [0.5, 0.6) is 0 Å². The number of aliphatic hydroxyl groups is 1. The number of nitrogens with one attached hydrogen (secondary N) is 1. The van der Waals surface area contributed by atoms with E-state index in [4.69, 9.17) is 5.11 Å². The Morgan fingerprint density at radius 2 is 2.41 bits per heavy atom. The Morgan fingerprint density at radius 3 is 3.12 bits per heavy atom. The molecule has 1 atom stereocenters. The van der Waals surface area contributed by atoms with Crippen molar-refractivity contribution in [3.63, 3.8) is 0 Å². The fourth-order valence-electron chi connectivity index (χ4n) is 1.95. The zero-order chi connectivity index (χ0) is 12.1. The molecule has 0 aromatic carbocycles. The van der Waals surface area contributed by atoms with Gasteiger partial charge >= 0.3 is 0 Å². The predicted molar refractivity (Wildman–Crippen MR) is 63.1 cm³/mol. The van der Waals surface area contributed by atoms with Gasteiger partial charge in [0.25, 0.3) is 0 Å². The summed E-state index contributed by atoms with van der Waals surface area (Å²) in [5.41, 5.74) is 0.874. The number of rotatable bonds is 3.